The number of aromatic nitrogens is 1. The van der Waals surface area contributed by atoms with Gasteiger partial charge in [0.15, 0.2) is 0 Å². The molecule has 1 aliphatic carbocycles. The smallest absolute Gasteiger partial charge is 0.252 e. The van der Waals surface area contributed by atoms with Crippen LogP contribution in [-0.4, -0.2) is 4.98 Å². The molecule has 2 rings (SSSR count). The summed E-state index contributed by atoms with van der Waals surface area (Å²) in [4.78, 5) is 4.15. The molecule has 2 nitrogen and oxygen atoms in total. The maximum atomic E-state index is 5.26. The fourth-order valence-corrected chi connectivity index (χ4v) is 1.57. The van der Waals surface area contributed by atoms with Gasteiger partial charge in [0, 0.05) is 6.42 Å². The van der Waals surface area contributed by atoms with Crippen molar-refractivity contribution >= 4 is 12.6 Å². The topological polar surface area (TPSA) is 26.0 Å². The van der Waals surface area contributed by atoms with Gasteiger partial charge < -0.3 is 4.42 Å². The van der Waals surface area contributed by atoms with Crippen LogP contribution in [0.4, 0.5) is 0 Å². The van der Waals surface area contributed by atoms with Crippen molar-refractivity contribution in [3.8, 4) is 0 Å². The number of rotatable bonds is 0. The lowest BCUT2D eigenvalue weighted by atomic mass is 10.0. The van der Waals surface area contributed by atoms with Crippen LogP contribution in [0, 0.1) is 0 Å². The molecular formula is C7H9NOS. The number of thiol groups is 1. The van der Waals surface area contributed by atoms with Crippen molar-refractivity contribution < 1.29 is 4.42 Å². The number of oxazole rings is 1. The number of nitrogens with zero attached hydrogens (tertiary/aromatic N) is 1. The van der Waals surface area contributed by atoms with Gasteiger partial charge in [0.05, 0.1) is 5.69 Å². The van der Waals surface area contributed by atoms with E-state index in [1.807, 2.05) is 0 Å². The largest absolute Gasteiger partial charge is 0.436 e. The lowest BCUT2D eigenvalue weighted by Crippen LogP contribution is -1.99. The Morgan fingerprint density at radius 3 is 2.90 bits per heavy atom. The van der Waals surface area contributed by atoms with Gasteiger partial charge in [-0.05, 0) is 19.3 Å². The molecule has 1 aliphatic rings. The van der Waals surface area contributed by atoms with E-state index in [0.29, 0.717) is 5.22 Å². The number of hydrogen-bond acceptors (Lipinski definition) is 3. The Kier molecular flexibility index (Phi) is 1.45. The van der Waals surface area contributed by atoms with Crippen LogP contribution in [0.25, 0.3) is 0 Å². The average molecular weight is 155 g/mol. The third kappa shape index (κ3) is 0.944. The zero-order valence-electron chi connectivity index (χ0n) is 5.63. The minimum absolute atomic E-state index is 0.520. The van der Waals surface area contributed by atoms with Crippen molar-refractivity contribution in [2.75, 3.05) is 0 Å². The second-order valence-corrected chi connectivity index (χ2v) is 2.96. The van der Waals surface area contributed by atoms with Crippen LogP contribution in [0.3, 0.4) is 0 Å². The van der Waals surface area contributed by atoms with Crippen LogP contribution in [0.5, 0.6) is 0 Å². The van der Waals surface area contributed by atoms with E-state index < -0.39 is 0 Å². The summed E-state index contributed by atoms with van der Waals surface area (Å²) >= 11 is 4.03. The summed E-state index contributed by atoms with van der Waals surface area (Å²) in [6.45, 7) is 0. The standard InChI is InChI=1S/C7H9NOS/c10-7-8-5-3-1-2-4-6(5)9-7/h1-4H2,(H,8,10). The van der Waals surface area contributed by atoms with Gasteiger partial charge >= 0.3 is 0 Å². The maximum absolute atomic E-state index is 5.26. The molecule has 0 amide bonds. The minimum Gasteiger partial charge on any atom is -0.436 e. The molecule has 0 radical (unpaired) electrons. The first-order chi connectivity index (χ1) is 4.86. The van der Waals surface area contributed by atoms with Crippen LogP contribution in [-0.2, 0) is 12.8 Å². The summed E-state index contributed by atoms with van der Waals surface area (Å²) in [6, 6.07) is 0. The highest BCUT2D eigenvalue weighted by molar-refractivity contribution is 7.80. The molecule has 0 N–H and O–H groups in total. The number of aryl methyl sites for hydroxylation is 2. The third-order valence-electron chi connectivity index (χ3n) is 1.83. The fraction of sp³-hybridized carbons (Fsp3) is 0.571. The van der Waals surface area contributed by atoms with E-state index in [9.17, 15) is 0 Å². The number of hydrogen-bond donors (Lipinski definition) is 1. The SMILES string of the molecule is Sc1nc2c(o1)CCCC2. The van der Waals surface area contributed by atoms with Gasteiger partial charge in [0.25, 0.3) is 5.22 Å². The fourth-order valence-electron chi connectivity index (χ4n) is 1.34. The molecule has 1 heterocycles. The van der Waals surface area contributed by atoms with E-state index in [2.05, 4.69) is 17.6 Å². The molecule has 3 heteroatoms. The van der Waals surface area contributed by atoms with Crippen molar-refractivity contribution in [2.45, 2.75) is 30.9 Å². The van der Waals surface area contributed by atoms with Crippen molar-refractivity contribution in [1.82, 2.24) is 4.98 Å². The Bertz CT molecular complexity index is 220. The van der Waals surface area contributed by atoms with Gasteiger partial charge in [-0.15, -0.1) is 0 Å². The van der Waals surface area contributed by atoms with E-state index in [-0.39, 0.29) is 0 Å². The van der Waals surface area contributed by atoms with Crippen molar-refractivity contribution in [3.05, 3.63) is 11.5 Å². The molecule has 0 unspecified atom stereocenters. The molecule has 54 valence electrons. The van der Waals surface area contributed by atoms with Crippen LogP contribution in [0.1, 0.15) is 24.3 Å². The summed E-state index contributed by atoms with van der Waals surface area (Å²) < 4.78 is 5.26. The Labute approximate surface area is 65.1 Å². The summed E-state index contributed by atoms with van der Waals surface area (Å²) in [6.07, 6.45) is 4.59. The van der Waals surface area contributed by atoms with Gasteiger partial charge in [-0.3, -0.25) is 0 Å². The molecule has 0 bridgehead atoms. The molecule has 1 aromatic heterocycles. The molecule has 0 aromatic carbocycles. The van der Waals surface area contributed by atoms with Crippen molar-refractivity contribution in [2.24, 2.45) is 0 Å². The summed E-state index contributed by atoms with van der Waals surface area (Å²) in [5.74, 6) is 1.05. The zero-order valence-corrected chi connectivity index (χ0v) is 6.53. The Morgan fingerprint density at radius 1 is 1.30 bits per heavy atom. The predicted molar refractivity (Wildman–Crippen MR) is 40.4 cm³/mol. The zero-order chi connectivity index (χ0) is 6.97. The molecule has 0 saturated heterocycles. The molecule has 10 heavy (non-hydrogen) atoms. The lowest BCUT2D eigenvalue weighted by molar-refractivity contribution is 0.407. The van der Waals surface area contributed by atoms with Gasteiger partial charge in [-0.1, -0.05) is 12.6 Å². The first kappa shape index (κ1) is 6.28. The molecule has 1 aromatic rings. The Morgan fingerprint density at radius 2 is 2.10 bits per heavy atom. The summed E-state index contributed by atoms with van der Waals surface area (Å²) in [5, 5.41) is 0.520. The highest BCUT2D eigenvalue weighted by Gasteiger charge is 2.14. The Balaban J connectivity index is 2.41. The molecular weight excluding hydrogens is 146 g/mol. The molecule has 0 aliphatic heterocycles. The summed E-state index contributed by atoms with van der Waals surface area (Å²) in [7, 11) is 0. The highest BCUT2D eigenvalue weighted by atomic mass is 32.1. The van der Waals surface area contributed by atoms with Crippen LogP contribution < -0.4 is 0 Å². The average Bonchev–Trinajstić information content (AvgIpc) is 2.27. The van der Waals surface area contributed by atoms with Crippen molar-refractivity contribution in [3.63, 3.8) is 0 Å². The lowest BCUT2D eigenvalue weighted by Gasteiger charge is -2.05. The molecule has 0 spiro atoms. The van der Waals surface area contributed by atoms with E-state index >= 15 is 0 Å². The quantitative estimate of drug-likeness (QED) is 0.578. The maximum Gasteiger partial charge on any atom is 0.252 e. The third-order valence-corrected chi connectivity index (χ3v) is 2.03. The normalized spacial score (nSPS) is 16.9. The molecule has 0 saturated carbocycles. The van der Waals surface area contributed by atoms with Gasteiger partial charge in [-0.2, -0.15) is 0 Å². The first-order valence-electron chi connectivity index (χ1n) is 3.54. The van der Waals surface area contributed by atoms with E-state index in [1.54, 1.807) is 0 Å². The van der Waals surface area contributed by atoms with Crippen molar-refractivity contribution in [1.29, 1.82) is 0 Å². The highest BCUT2D eigenvalue weighted by Crippen LogP contribution is 2.22. The van der Waals surface area contributed by atoms with E-state index in [4.69, 9.17) is 4.42 Å². The monoisotopic (exact) mass is 155 g/mol. The van der Waals surface area contributed by atoms with Crippen LogP contribution in [0.15, 0.2) is 9.64 Å². The van der Waals surface area contributed by atoms with Crippen LogP contribution in [0.2, 0.25) is 0 Å². The Hall–Kier alpha value is -0.440. The van der Waals surface area contributed by atoms with E-state index in [0.717, 1.165) is 24.3 Å². The summed E-state index contributed by atoms with van der Waals surface area (Å²) in [5.41, 5.74) is 1.12. The van der Waals surface area contributed by atoms with E-state index in [1.165, 1.54) is 12.8 Å². The van der Waals surface area contributed by atoms with Gasteiger partial charge in [0.2, 0.25) is 0 Å². The van der Waals surface area contributed by atoms with Gasteiger partial charge in [-0.25, -0.2) is 4.98 Å². The second kappa shape index (κ2) is 2.31. The predicted octanol–water partition coefficient (Wildman–Crippen LogP) is 1.84. The first-order valence-corrected chi connectivity index (χ1v) is 3.98. The molecule has 0 atom stereocenters. The van der Waals surface area contributed by atoms with Crippen LogP contribution >= 0.6 is 12.6 Å². The second-order valence-electron chi connectivity index (χ2n) is 2.57. The molecule has 0 fully saturated rings. The minimum atomic E-state index is 0.520. The number of fused-ring (bicyclic) bond motifs is 1. The van der Waals surface area contributed by atoms with Gasteiger partial charge in [0.1, 0.15) is 5.76 Å².